The number of hydrogen-bond acceptors (Lipinski definition) is 5. The number of nitrogens with one attached hydrogen (secondary N) is 1. The molecule has 8 heteroatoms. The van der Waals surface area contributed by atoms with Gasteiger partial charge in [0.25, 0.3) is 0 Å². The van der Waals surface area contributed by atoms with E-state index in [2.05, 4.69) is 46.5 Å². The molecule has 4 aromatic rings. The quantitative estimate of drug-likeness (QED) is 0.374. The Balaban J connectivity index is 1.61. The fourth-order valence-electron chi connectivity index (χ4n) is 3.19. The summed E-state index contributed by atoms with van der Waals surface area (Å²) in [6.07, 6.45) is 3.45. The van der Waals surface area contributed by atoms with Crippen molar-refractivity contribution in [3.05, 3.63) is 82.6 Å². The molecule has 0 saturated carbocycles. The lowest BCUT2D eigenvalue weighted by molar-refractivity contribution is -0.113. The van der Waals surface area contributed by atoms with Gasteiger partial charge in [0.15, 0.2) is 11.0 Å². The van der Waals surface area contributed by atoms with E-state index in [1.807, 2.05) is 41.8 Å². The highest BCUT2D eigenvalue weighted by Gasteiger charge is 2.18. The Kier molecular flexibility index (Phi) is 6.58. The average molecular weight is 464 g/mol. The summed E-state index contributed by atoms with van der Waals surface area (Å²) in [5, 5.41) is 12.8. The number of rotatable bonds is 6. The van der Waals surface area contributed by atoms with Crippen LogP contribution >= 0.6 is 23.4 Å². The van der Waals surface area contributed by atoms with Crippen LogP contribution in [0.15, 0.2) is 66.1 Å². The van der Waals surface area contributed by atoms with E-state index in [0.29, 0.717) is 21.7 Å². The molecule has 0 aliphatic rings. The molecule has 32 heavy (non-hydrogen) atoms. The number of pyridine rings is 1. The van der Waals surface area contributed by atoms with Gasteiger partial charge in [-0.15, -0.1) is 10.2 Å². The van der Waals surface area contributed by atoms with E-state index in [1.54, 1.807) is 18.5 Å². The fraction of sp³-hybridized carbons (Fsp3) is 0.167. The highest BCUT2D eigenvalue weighted by atomic mass is 35.5. The Morgan fingerprint density at radius 2 is 1.78 bits per heavy atom. The molecule has 0 saturated heterocycles. The van der Waals surface area contributed by atoms with Crippen molar-refractivity contribution >= 4 is 35.0 Å². The highest BCUT2D eigenvalue weighted by molar-refractivity contribution is 7.99. The summed E-state index contributed by atoms with van der Waals surface area (Å²) in [5.74, 6) is 0.699. The van der Waals surface area contributed by atoms with Gasteiger partial charge in [0.1, 0.15) is 0 Å². The minimum Gasteiger partial charge on any atom is -0.324 e. The molecule has 1 amide bonds. The van der Waals surface area contributed by atoms with Crippen molar-refractivity contribution in [1.29, 1.82) is 0 Å². The van der Waals surface area contributed by atoms with Crippen LogP contribution in [0.4, 0.5) is 5.69 Å². The van der Waals surface area contributed by atoms with E-state index in [4.69, 9.17) is 11.6 Å². The molecule has 0 unspecified atom stereocenters. The van der Waals surface area contributed by atoms with Gasteiger partial charge in [0.05, 0.1) is 22.2 Å². The Labute approximate surface area is 196 Å². The van der Waals surface area contributed by atoms with Crippen molar-refractivity contribution in [2.75, 3.05) is 11.1 Å². The molecule has 0 radical (unpaired) electrons. The summed E-state index contributed by atoms with van der Waals surface area (Å²) in [4.78, 5) is 16.7. The Morgan fingerprint density at radius 3 is 2.50 bits per heavy atom. The first-order chi connectivity index (χ1) is 15.4. The van der Waals surface area contributed by atoms with Crippen LogP contribution in [0.2, 0.25) is 5.02 Å². The SMILES string of the molecule is Cc1ccc(NC(=O)CSc2nnc(-c3ccncc3)n2-c2ccc(C)c(C)c2)c(Cl)c1. The van der Waals surface area contributed by atoms with E-state index < -0.39 is 0 Å². The zero-order valence-electron chi connectivity index (χ0n) is 18.0. The van der Waals surface area contributed by atoms with Crippen molar-refractivity contribution < 1.29 is 4.79 Å². The molecule has 162 valence electrons. The third-order valence-corrected chi connectivity index (χ3v) is 6.29. The summed E-state index contributed by atoms with van der Waals surface area (Å²) < 4.78 is 1.97. The second-order valence-electron chi connectivity index (χ2n) is 7.47. The van der Waals surface area contributed by atoms with Crippen LogP contribution in [0, 0.1) is 20.8 Å². The second-order valence-corrected chi connectivity index (χ2v) is 8.82. The molecule has 0 spiro atoms. The topological polar surface area (TPSA) is 72.7 Å². The lowest BCUT2D eigenvalue weighted by Crippen LogP contribution is -2.15. The van der Waals surface area contributed by atoms with Gasteiger partial charge in [0.2, 0.25) is 5.91 Å². The monoisotopic (exact) mass is 463 g/mol. The normalized spacial score (nSPS) is 10.9. The molecular weight excluding hydrogens is 442 g/mol. The van der Waals surface area contributed by atoms with Gasteiger partial charge in [-0.1, -0.05) is 35.5 Å². The maximum Gasteiger partial charge on any atom is 0.234 e. The zero-order valence-corrected chi connectivity index (χ0v) is 19.5. The number of anilines is 1. The number of benzene rings is 2. The van der Waals surface area contributed by atoms with E-state index >= 15 is 0 Å². The third-order valence-electron chi connectivity index (χ3n) is 5.05. The Morgan fingerprint density at radius 1 is 1.00 bits per heavy atom. The molecule has 6 nitrogen and oxygen atoms in total. The van der Waals surface area contributed by atoms with E-state index in [0.717, 1.165) is 16.8 Å². The minimum atomic E-state index is -0.166. The van der Waals surface area contributed by atoms with E-state index in [9.17, 15) is 4.79 Å². The highest BCUT2D eigenvalue weighted by Crippen LogP contribution is 2.29. The smallest absolute Gasteiger partial charge is 0.234 e. The number of carbonyl (C=O) groups excluding carboxylic acids is 1. The van der Waals surface area contributed by atoms with Crippen molar-refractivity contribution in [3.8, 4) is 17.1 Å². The minimum absolute atomic E-state index is 0.166. The average Bonchev–Trinajstić information content (AvgIpc) is 3.21. The Hall–Kier alpha value is -3.16. The molecule has 2 heterocycles. The number of aryl methyl sites for hydroxylation is 3. The number of amides is 1. The first-order valence-electron chi connectivity index (χ1n) is 10.0. The first-order valence-corrected chi connectivity index (χ1v) is 11.4. The van der Waals surface area contributed by atoms with Gasteiger partial charge in [-0.25, -0.2) is 0 Å². The van der Waals surface area contributed by atoms with Gasteiger partial charge in [-0.05, 0) is 73.9 Å². The van der Waals surface area contributed by atoms with Crippen molar-refractivity contribution in [2.45, 2.75) is 25.9 Å². The number of carbonyl (C=O) groups is 1. The molecule has 0 aliphatic heterocycles. The van der Waals surface area contributed by atoms with Crippen LogP contribution < -0.4 is 5.32 Å². The summed E-state index contributed by atoms with van der Waals surface area (Å²) in [7, 11) is 0. The Bertz CT molecular complexity index is 1270. The van der Waals surface area contributed by atoms with Gasteiger partial charge in [0, 0.05) is 18.0 Å². The number of thioether (sulfide) groups is 1. The first kappa shape index (κ1) is 22.0. The molecule has 2 aromatic carbocycles. The van der Waals surface area contributed by atoms with Crippen molar-refractivity contribution in [1.82, 2.24) is 19.7 Å². The van der Waals surface area contributed by atoms with Gasteiger partial charge in [-0.2, -0.15) is 0 Å². The van der Waals surface area contributed by atoms with Crippen molar-refractivity contribution in [3.63, 3.8) is 0 Å². The summed E-state index contributed by atoms with van der Waals surface area (Å²) in [6.45, 7) is 6.10. The van der Waals surface area contributed by atoms with Crippen LogP contribution in [-0.2, 0) is 4.79 Å². The number of halogens is 1. The van der Waals surface area contributed by atoms with Gasteiger partial charge < -0.3 is 5.32 Å². The van der Waals surface area contributed by atoms with Crippen LogP contribution in [0.1, 0.15) is 16.7 Å². The predicted molar refractivity (Wildman–Crippen MR) is 130 cm³/mol. The lowest BCUT2D eigenvalue weighted by Gasteiger charge is -2.12. The molecule has 2 aromatic heterocycles. The zero-order chi connectivity index (χ0) is 22.7. The number of aromatic nitrogens is 4. The molecule has 0 atom stereocenters. The molecule has 1 N–H and O–H groups in total. The van der Waals surface area contributed by atoms with E-state index in [1.165, 1.54) is 22.9 Å². The maximum atomic E-state index is 12.6. The van der Waals surface area contributed by atoms with Crippen LogP contribution in [-0.4, -0.2) is 31.4 Å². The molecule has 4 rings (SSSR count). The molecule has 0 bridgehead atoms. The van der Waals surface area contributed by atoms with E-state index in [-0.39, 0.29) is 11.7 Å². The van der Waals surface area contributed by atoms with Gasteiger partial charge in [-0.3, -0.25) is 14.3 Å². The third kappa shape index (κ3) is 4.84. The summed E-state index contributed by atoms with van der Waals surface area (Å²) >= 11 is 7.56. The van der Waals surface area contributed by atoms with Gasteiger partial charge >= 0.3 is 0 Å². The molecular formula is C24H22ClN5OS. The fourth-order valence-corrected chi connectivity index (χ4v) is 4.22. The summed E-state index contributed by atoms with van der Waals surface area (Å²) in [6, 6.07) is 15.5. The van der Waals surface area contributed by atoms with Crippen molar-refractivity contribution in [2.24, 2.45) is 0 Å². The summed E-state index contributed by atoms with van der Waals surface area (Å²) in [5.41, 5.74) is 5.83. The number of nitrogens with zero attached hydrogens (tertiary/aromatic N) is 4. The molecule has 0 aliphatic carbocycles. The second kappa shape index (κ2) is 9.54. The molecule has 0 fully saturated rings. The van der Waals surface area contributed by atoms with Crippen LogP contribution in [0.25, 0.3) is 17.1 Å². The largest absolute Gasteiger partial charge is 0.324 e. The van der Waals surface area contributed by atoms with Crippen LogP contribution in [0.3, 0.4) is 0 Å². The standard InChI is InChI=1S/C24H22ClN5OS/c1-15-4-7-21(20(25)12-15)27-22(31)14-32-24-29-28-23(18-8-10-26-11-9-18)30(24)19-6-5-16(2)17(3)13-19/h4-13H,14H2,1-3H3,(H,27,31). The lowest BCUT2D eigenvalue weighted by atomic mass is 10.1. The van der Waals surface area contributed by atoms with Crippen LogP contribution in [0.5, 0.6) is 0 Å². The maximum absolute atomic E-state index is 12.6. The number of hydrogen-bond donors (Lipinski definition) is 1. The predicted octanol–water partition coefficient (Wildman–Crippen LogP) is 5.64.